The summed E-state index contributed by atoms with van der Waals surface area (Å²) in [6, 6.07) is 10.4. The molecule has 4 rings (SSSR count). The number of β-lactam (4-membered cyclic amide) rings is 1. The number of oxime groups is 1. The number of rotatable bonds is 21. The minimum atomic E-state index is -4.97. The summed E-state index contributed by atoms with van der Waals surface area (Å²) in [4.78, 5) is 91.8. The lowest BCUT2D eigenvalue weighted by Gasteiger charge is -2.50. The number of amides is 3. The monoisotopic (exact) mass is 1030 g/mol. The Kier molecular flexibility index (Phi) is 20.7. The highest BCUT2D eigenvalue weighted by molar-refractivity contribution is 7.80. The molecular formula is C48H67N6O15S2+. The highest BCUT2D eigenvalue weighted by Crippen LogP contribution is 2.41. The predicted octanol–water partition coefficient (Wildman–Crippen LogP) is 6.20. The number of carbonyl (C=O) groups excluding carboxylic acids is 7. The number of hydrogen-bond acceptors (Lipinski definition) is 17. The number of hydroxylamine groups is 2. The average molecular weight is 1030 g/mol. The van der Waals surface area contributed by atoms with Crippen molar-refractivity contribution < 1.29 is 74.4 Å². The van der Waals surface area contributed by atoms with E-state index in [-0.39, 0.29) is 42.8 Å². The number of thiazole rings is 1. The number of nitrogens with one attached hydrogen (secondary N) is 2. The molecule has 3 heterocycles. The van der Waals surface area contributed by atoms with Gasteiger partial charge in [0.2, 0.25) is 0 Å². The number of pyridine rings is 1. The molecule has 0 saturated carbocycles. The topological polar surface area (TPSA) is 276 Å². The molecule has 0 bridgehead atoms. The fraction of sp³-hybridized carbons (Fsp3) is 0.562. The molecular weight excluding hydrogens is 965 g/mol. The van der Waals surface area contributed by atoms with Crippen LogP contribution in [0.25, 0.3) is 11.1 Å². The first-order valence-electron chi connectivity index (χ1n) is 22.7. The molecule has 1 fully saturated rings. The Hall–Kier alpha value is -6.13. The summed E-state index contributed by atoms with van der Waals surface area (Å²) < 4.78 is 54.9. The van der Waals surface area contributed by atoms with Crippen molar-refractivity contribution in [2.45, 2.75) is 144 Å². The molecule has 1 aromatic carbocycles. The molecule has 1 aliphatic heterocycles. The second-order valence-electron chi connectivity index (χ2n) is 20.3. The Morgan fingerprint density at radius 3 is 2.06 bits per heavy atom. The van der Waals surface area contributed by atoms with Crippen LogP contribution in [0.5, 0.6) is 5.75 Å². The molecule has 3 amide bonds. The van der Waals surface area contributed by atoms with Crippen LogP contribution >= 0.6 is 11.3 Å². The summed E-state index contributed by atoms with van der Waals surface area (Å²) in [6.45, 7) is 21.5. The van der Waals surface area contributed by atoms with Gasteiger partial charge in [-0.2, -0.15) is 23.1 Å². The van der Waals surface area contributed by atoms with E-state index in [1.165, 1.54) is 25.2 Å². The van der Waals surface area contributed by atoms with Gasteiger partial charge in [0, 0.05) is 35.4 Å². The van der Waals surface area contributed by atoms with Crippen LogP contribution in [0.1, 0.15) is 118 Å². The zero-order valence-electron chi connectivity index (χ0n) is 42.6. The molecule has 1 aliphatic rings. The average Bonchev–Trinajstić information content (AvgIpc) is 3.66. The Morgan fingerprint density at radius 2 is 1.54 bits per heavy atom. The summed E-state index contributed by atoms with van der Waals surface area (Å²) in [5.41, 5.74) is -0.527. The Bertz CT molecular complexity index is 2530. The Balaban J connectivity index is 0.00000432. The van der Waals surface area contributed by atoms with E-state index < -0.39 is 74.5 Å². The van der Waals surface area contributed by atoms with Crippen LogP contribution < -0.4 is 19.9 Å². The fourth-order valence-electron chi connectivity index (χ4n) is 6.87. The van der Waals surface area contributed by atoms with Gasteiger partial charge in [0.1, 0.15) is 36.3 Å². The Labute approximate surface area is 418 Å². The SMILES string of the molecule is Cc1nc(/C(=N/O[C@@H](COc2ccc(-c3ccc(CC(=O)[C@H](CCCCNC(=O)OC(C)(C)C)NC(=O)OC(C)(C)C)[n+](C)c3)cc2)C(C)(C)C)C(=O)C[C@@H]2C(=O)N(OS(=O)(=O)O)C2(C)C)cs1.O=C=O. The molecule has 3 aromatic rings. The van der Waals surface area contributed by atoms with Crippen molar-refractivity contribution in [3.63, 3.8) is 0 Å². The number of Topliss-reactive ketones (excluding diaryl/α,β-unsaturated/α-hetero) is 2. The van der Waals surface area contributed by atoms with Gasteiger partial charge in [-0.05, 0) is 105 Å². The van der Waals surface area contributed by atoms with Gasteiger partial charge >= 0.3 is 28.7 Å². The third-order valence-corrected chi connectivity index (χ3v) is 11.8. The van der Waals surface area contributed by atoms with Gasteiger partial charge < -0.3 is 29.7 Å². The zero-order chi connectivity index (χ0) is 53.7. The summed E-state index contributed by atoms with van der Waals surface area (Å²) >= 11 is 1.30. The largest absolute Gasteiger partial charge is 0.490 e. The lowest BCUT2D eigenvalue weighted by Crippen LogP contribution is -2.68. The van der Waals surface area contributed by atoms with E-state index in [1.807, 2.05) is 75.0 Å². The van der Waals surface area contributed by atoms with Gasteiger partial charge in [-0.25, -0.2) is 19.1 Å². The molecule has 3 atom stereocenters. The highest BCUT2D eigenvalue weighted by atomic mass is 32.3. The number of benzene rings is 1. The summed E-state index contributed by atoms with van der Waals surface area (Å²) in [7, 11) is -3.12. The maximum Gasteiger partial charge on any atom is 0.418 e. The van der Waals surface area contributed by atoms with Gasteiger partial charge in [0.15, 0.2) is 35.3 Å². The third kappa shape index (κ3) is 19.2. The Morgan fingerprint density at radius 1 is 0.944 bits per heavy atom. The number of alkyl carbamates (subject to hydrolysis) is 2. The molecule has 0 radical (unpaired) electrons. The van der Waals surface area contributed by atoms with Crippen LogP contribution in [0.2, 0.25) is 0 Å². The van der Waals surface area contributed by atoms with Crippen molar-refractivity contribution in [1.29, 1.82) is 0 Å². The maximum atomic E-state index is 13.8. The van der Waals surface area contributed by atoms with Crippen molar-refractivity contribution in [3.8, 4) is 16.9 Å². The van der Waals surface area contributed by atoms with Crippen LogP contribution in [0.3, 0.4) is 0 Å². The highest BCUT2D eigenvalue weighted by Gasteiger charge is 2.57. The van der Waals surface area contributed by atoms with Crippen LogP contribution in [-0.4, -0.2) is 107 Å². The molecule has 71 heavy (non-hydrogen) atoms. The van der Waals surface area contributed by atoms with E-state index in [1.54, 1.807) is 53.8 Å². The van der Waals surface area contributed by atoms with E-state index in [0.29, 0.717) is 41.6 Å². The number of ether oxygens (including phenoxy) is 3. The van der Waals surface area contributed by atoms with E-state index in [4.69, 9.17) is 33.2 Å². The molecule has 0 spiro atoms. The summed E-state index contributed by atoms with van der Waals surface area (Å²) in [6.07, 6.45) is 1.43. The fourth-order valence-corrected chi connectivity index (χ4v) is 7.92. The number of hydrogen-bond donors (Lipinski definition) is 3. The minimum absolute atomic E-state index is 0.0461. The number of carbonyl (C=O) groups is 5. The van der Waals surface area contributed by atoms with Gasteiger partial charge in [-0.3, -0.25) is 18.9 Å². The number of aryl methyl sites for hydroxylation is 2. The van der Waals surface area contributed by atoms with Crippen LogP contribution in [-0.2, 0) is 66.4 Å². The number of nitrogens with zero attached hydrogens (tertiary/aromatic N) is 4. The lowest BCUT2D eigenvalue weighted by atomic mass is 9.74. The first-order chi connectivity index (χ1) is 32.7. The van der Waals surface area contributed by atoms with Crippen LogP contribution in [0.15, 0.2) is 53.1 Å². The van der Waals surface area contributed by atoms with Crippen LogP contribution in [0.4, 0.5) is 9.59 Å². The smallest absolute Gasteiger partial charge is 0.418 e. The normalized spacial score (nSPS) is 15.7. The van der Waals surface area contributed by atoms with Gasteiger partial charge in [0.05, 0.1) is 28.9 Å². The molecule has 1 saturated heterocycles. The van der Waals surface area contributed by atoms with Crippen molar-refractivity contribution in [2.24, 2.45) is 23.5 Å². The first kappa shape index (κ1) is 59.2. The molecule has 21 nitrogen and oxygen atoms in total. The van der Waals surface area contributed by atoms with E-state index >= 15 is 0 Å². The van der Waals surface area contributed by atoms with Crippen molar-refractivity contribution in [3.05, 3.63) is 64.4 Å². The maximum absolute atomic E-state index is 13.8. The molecule has 3 N–H and O–H groups in total. The van der Waals surface area contributed by atoms with E-state index in [9.17, 15) is 32.4 Å². The lowest BCUT2D eigenvalue weighted by molar-refractivity contribution is -0.678. The van der Waals surface area contributed by atoms with Crippen LogP contribution in [0, 0.1) is 18.3 Å². The molecule has 390 valence electrons. The van der Waals surface area contributed by atoms with Crippen molar-refractivity contribution in [1.82, 2.24) is 20.7 Å². The van der Waals surface area contributed by atoms with Gasteiger partial charge in [-0.1, -0.05) is 38.1 Å². The van der Waals surface area contributed by atoms with Crippen molar-refractivity contribution >= 4 is 63.3 Å². The number of ketones is 2. The summed E-state index contributed by atoms with van der Waals surface area (Å²) in [5.74, 6) is -1.99. The van der Waals surface area contributed by atoms with Gasteiger partial charge in [0.25, 0.3) is 5.91 Å². The molecule has 0 aliphatic carbocycles. The zero-order valence-corrected chi connectivity index (χ0v) is 44.2. The quantitative estimate of drug-likeness (QED) is 0.0267. The predicted molar refractivity (Wildman–Crippen MR) is 258 cm³/mol. The standard InChI is InChI=1S/C47H66N6O13S2.CO2/c1-29-49-36(28-67-29)40(38(55)25-34-41(56)53(47(34,11)12)66-68(59,60)61)51-65-39(44(2,3)4)27-62-33-21-18-30(19-22-33)31-17-20-32(52(13)26-31)24-37(54)35(50-43(58)64-46(8,9)10)16-14-15-23-48-42(57)63-45(5,6)7;2-1-3/h17-22,26,28,34-35,39H,14-16,23-25,27H2,1-13H3,(H2-,48,50,57,58,59,60,61);/p+1/b51-40-;/t34-,35+,39+;/m1./s1. The minimum Gasteiger partial charge on any atom is -0.490 e. The van der Waals surface area contributed by atoms with E-state index in [0.717, 1.165) is 16.8 Å². The number of aromatic nitrogens is 2. The number of unbranched alkanes of at least 4 members (excludes halogenated alkanes) is 1. The third-order valence-electron chi connectivity index (χ3n) is 10.6. The first-order valence-corrected chi connectivity index (χ1v) is 24.9. The molecule has 23 heteroatoms. The summed E-state index contributed by atoms with van der Waals surface area (Å²) in [5, 5.41) is 12.6. The van der Waals surface area contributed by atoms with E-state index in [2.05, 4.69) is 25.1 Å². The molecule has 0 unspecified atom stereocenters. The van der Waals surface area contributed by atoms with Crippen molar-refractivity contribution in [2.75, 3.05) is 13.2 Å². The second kappa shape index (κ2) is 24.8. The van der Waals surface area contributed by atoms with Gasteiger partial charge in [-0.15, -0.1) is 15.6 Å². The second-order valence-corrected chi connectivity index (χ2v) is 22.4. The molecule has 2 aromatic heterocycles.